The molecule has 1 fully saturated rings. The van der Waals surface area contributed by atoms with Crippen molar-refractivity contribution < 1.29 is 4.39 Å². The van der Waals surface area contributed by atoms with E-state index in [1.54, 1.807) is 12.1 Å². The van der Waals surface area contributed by atoms with E-state index in [2.05, 4.69) is 15.5 Å². The average Bonchev–Trinajstić information content (AvgIpc) is 2.48. The first-order valence-electron chi connectivity index (χ1n) is 7.02. The molecule has 0 bridgehead atoms. The second kappa shape index (κ2) is 5.63. The zero-order chi connectivity index (χ0) is 13.9. The van der Waals surface area contributed by atoms with Gasteiger partial charge in [0, 0.05) is 37.6 Å². The summed E-state index contributed by atoms with van der Waals surface area (Å²) < 4.78 is 13.2. The van der Waals surface area contributed by atoms with Crippen molar-refractivity contribution >= 4 is 11.5 Å². The maximum Gasteiger partial charge on any atom is 0.123 e. The summed E-state index contributed by atoms with van der Waals surface area (Å²) in [6.07, 6.45) is 3.54. The molecule has 0 saturated carbocycles. The molecule has 2 aliphatic rings. The number of anilines is 1. The molecule has 3 N–H and O–H groups in total. The SMILES string of the molecule is N=C(/C=C1/CCc2cc(F)ccc2N1)N1CCNCC1. The van der Waals surface area contributed by atoms with Gasteiger partial charge in [0.05, 0.1) is 0 Å². The van der Waals surface area contributed by atoms with Crippen LogP contribution in [0.3, 0.4) is 0 Å². The van der Waals surface area contributed by atoms with Crippen LogP contribution >= 0.6 is 0 Å². The molecular weight excluding hydrogens is 255 g/mol. The number of hydrogen-bond acceptors (Lipinski definition) is 3. The van der Waals surface area contributed by atoms with Gasteiger partial charge in [0.25, 0.3) is 0 Å². The van der Waals surface area contributed by atoms with Gasteiger partial charge in [-0.05, 0) is 42.7 Å². The summed E-state index contributed by atoms with van der Waals surface area (Å²) in [4.78, 5) is 2.07. The minimum absolute atomic E-state index is 0.188. The number of nitrogens with zero attached hydrogens (tertiary/aromatic N) is 1. The molecule has 106 valence electrons. The number of benzene rings is 1. The number of aryl methyl sites for hydroxylation is 1. The highest BCUT2D eigenvalue weighted by Gasteiger charge is 2.16. The van der Waals surface area contributed by atoms with Crippen LogP contribution in [-0.2, 0) is 6.42 Å². The Bertz CT molecular complexity index is 547. The Morgan fingerprint density at radius 3 is 2.85 bits per heavy atom. The lowest BCUT2D eigenvalue weighted by molar-refractivity contribution is 0.357. The second-order valence-electron chi connectivity index (χ2n) is 5.22. The normalized spacial score (nSPS) is 20.4. The van der Waals surface area contributed by atoms with Crippen molar-refractivity contribution in [2.24, 2.45) is 0 Å². The van der Waals surface area contributed by atoms with Gasteiger partial charge >= 0.3 is 0 Å². The monoisotopic (exact) mass is 274 g/mol. The molecule has 1 saturated heterocycles. The first-order chi connectivity index (χ1) is 9.72. The molecule has 0 aliphatic carbocycles. The van der Waals surface area contributed by atoms with E-state index < -0.39 is 0 Å². The fourth-order valence-electron chi connectivity index (χ4n) is 2.67. The molecule has 0 atom stereocenters. The summed E-state index contributed by atoms with van der Waals surface area (Å²) in [7, 11) is 0. The summed E-state index contributed by atoms with van der Waals surface area (Å²) in [5.41, 5.74) is 3.00. The van der Waals surface area contributed by atoms with Gasteiger partial charge in [-0.3, -0.25) is 5.41 Å². The van der Waals surface area contributed by atoms with Gasteiger partial charge in [-0.2, -0.15) is 0 Å². The van der Waals surface area contributed by atoms with Crippen molar-refractivity contribution in [2.75, 3.05) is 31.5 Å². The fourth-order valence-corrected chi connectivity index (χ4v) is 2.67. The van der Waals surface area contributed by atoms with E-state index in [1.165, 1.54) is 6.07 Å². The highest BCUT2D eigenvalue weighted by molar-refractivity contribution is 5.91. The van der Waals surface area contributed by atoms with Crippen LogP contribution in [0.2, 0.25) is 0 Å². The van der Waals surface area contributed by atoms with E-state index in [0.717, 1.165) is 56.0 Å². The standard InChI is InChI=1S/C15H19FN4/c16-12-2-4-14-11(9-12)1-3-13(19-14)10-15(17)20-7-5-18-6-8-20/h2,4,9-10,17-19H,1,3,5-8H2/b13-10-,17-15?. The van der Waals surface area contributed by atoms with Crippen molar-refractivity contribution in [3.05, 3.63) is 41.4 Å². The van der Waals surface area contributed by atoms with Crippen LogP contribution in [0.25, 0.3) is 0 Å². The largest absolute Gasteiger partial charge is 0.359 e. The maximum absolute atomic E-state index is 13.2. The second-order valence-corrected chi connectivity index (χ2v) is 5.22. The molecule has 5 heteroatoms. The maximum atomic E-state index is 13.2. The van der Waals surface area contributed by atoms with Gasteiger partial charge < -0.3 is 15.5 Å². The van der Waals surface area contributed by atoms with Gasteiger partial charge in [0.15, 0.2) is 0 Å². The van der Waals surface area contributed by atoms with Gasteiger partial charge in [0.2, 0.25) is 0 Å². The molecular formula is C15H19FN4. The zero-order valence-corrected chi connectivity index (χ0v) is 11.4. The molecule has 0 unspecified atom stereocenters. The summed E-state index contributed by atoms with van der Waals surface area (Å²) in [5, 5.41) is 14.7. The van der Waals surface area contributed by atoms with Crippen molar-refractivity contribution in [3.8, 4) is 0 Å². The summed E-state index contributed by atoms with van der Waals surface area (Å²) in [5.74, 6) is 0.367. The third-order valence-corrected chi connectivity index (χ3v) is 3.79. The Balaban J connectivity index is 1.71. The van der Waals surface area contributed by atoms with Crippen LogP contribution in [0.1, 0.15) is 12.0 Å². The van der Waals surface area contributed by atoms with Crippen LogP contribution in [0.5, 0.6) is 0 Å². The third kappa shape index (κ3) is 2.82. The molecule has 2 aliphatic heterocycles. The predicted molar refractivity (Wildman–Crippen MR) is 78.6 cm³/mol. The van der Waals surface area contributed by atoms with Crippen LogP contribution in [0.15, 0.2) is 30.0 Å². The van der Waals surface area contributed by atoms with Crippen molar-refractivity contribution in [1.29, 1.82) is 5.41 Å². The van der Waals surface area contributed by atoms with Gasteiger partial charge in [-0.25, -0.2) is 4.39 Å². The van der Waals surface area contributed by atoms with E-state index in [-0.39, 0.29) is 5.82 Å². The lowest BCUT2D eigenvalue weighted by Gasteiger charge is -2.29. The van der Waals surface area contributed by atoms with Crippen LogP contribution in [0, 0.1) is 11.2 Å². The molecule has 0 amide bonds. The van der Waals surface area contributed by atoms with Crippen LogP contribution < -0.4 is 10.6 Å². The predicted octanol–water partition coefficient (Wildman–Crippen LogP) is 1.95. The molecule has 0 spiro atoms. The van der Waals surface area contributed by atoms with Crippen molar-refractivity contribution in [3.63, 3.8) is 0 Å². The topological polar surface area (TPSA) is 51.2 Å². The van der Waals surface area contributed by atoms with Gasteiger partial charge in [0.1, 0.15) is 11.7 Å². The number of hydrogen-bond donors (Lipinski definition) is 3. The molecule has 0 radical (unpaired) electrons. The first kappa shape index (κ1) is 13.1. The summed E-state index contributed by atoms with van der Waals surface area (Å²) in [6.45, 7) is 3.62. The minimum Gasteiger partial charge on any atom is -0.359 e. The average molecular weight is 274 g/mol. The first-order valence-corrected chi connectivity index (χ1v) is 7.02. The molecule has 0 aromatic heterocycles. The lowest BCUT2D eigenvalue weighted by atomic mass is 10.0. The van der Waals surface area contributed by atoms with E-state index >= 15 is 0 Å². The van der Waals surface area contributed by atoms with Gasteiger partial charge in [-0.1, -0.05) is 0 Å². The Hall–Kier alpha value is -1.88. The number of halogens is 1. The molecule has 4 nitrogen and oxygen atoms in total. The number of nitrogens with one attached hydrogen (secondary N) is 3. The lowest BCUT2D eigenvalue weighted by Crippen LogP contribution is -2.45. The number of fused-ring (bicyclic) bond motifs is 1. The Morgan fingerprint density at radius 1 is 1.25 bits per heavy atom. The van der Waals surface area contributed by atoms with E-state index in [4.69, 9.17) is 5.41 Å². The Kier molecular flexibility index (Phi) is 3.69. The number of piperazine rings is 1. The van der Waals surface area contributed by atoms with E-state index in [0.29, 0.717) is 5.84 Å². The quantitative estimate of drug-likeness (QED) is 0.542. The minimum atomic E-state index is -0.188. The van der Waals surface area contributed by atoms with Crippen molar-refractivity contribution in [2.45, 2.75) is 12.8 Å². The Labute approximate surface area is 118 Å². The van der Waals surface area contributed by atoms with E-state index in [1.807, 2.05) is 6.08 Å². The van der Waals surface area contributed by atoms with Crippen LogP contribution in [0.4, 0.5) is 10.1 Å². The Morgan fingerprint density at radius 2 is 2.05 bits per heavy atom. The summed E-state index contributed by atoms with van der Waals surface area (Å²) in [6, 6.07) is 4.82. The highest BCUT2D eigenvalue weighted by Crippen LogP contribution is 2.27. The van der Waals surface area contributed by atoms with Crippen molar-refractivity contribution in [1.82, 2.24) is 10.2 Å². The zero-order valence-electron chi connectivity index (χ0n) is 11.4. The van der Waals surface area contributed by atoms with E-state index in [9.17, 15) is 4.39 Å². The number of amidine groups is 1. The molecule has 2 heterocycles. The molecule has 3 rings (SSSR count). The summed E-state index contributed by atoms with van der Waals surface area (Å²) >= 11 is 0. The number of rotatable bonds is 1. The highest BCUT2D eigenvalue weighted by atomic mass is 19.1. The fraction of sp³-hybridized carbons (Fsp3) is 0.400. The van der Waals surface area contributed by atoms with Crippen LogP contribution in [-0.4, -0.2) is 36.9 Å². The molecule has 1 aromatic carbocycles. The number of allylic oxidation sites excluding steroid dienone is 1. The third-order valence-electron chi connectivity index (χ3n) is 3.79. The molecule has 20 heavy (non-hydrogen) atoms. The smallest absolute Gasteiger partial charge is 0.123 e. The van der Waals surface area contributed by atoms with Gasteiger partial charge in [-0.15, -0.1) is 0 Å². The molecule has 1 aromatic rings.